The molecule has 0 aliphatic carbocycles. The lowest BCUT2D eigenvalue weighted by Gasteiger charge is -2.09. The number of aromatic nitrogens is 5. The van der Waals surface area contributed by atoms with E-state index in [-0.39, 0.29) is 30.8 Å². The molecule has 0 saturated carbocycles. The summed E-state index contributed by atoms with van der Waals surface area (Å²) in [5, 5.41) is 14.6. The Balaban J connectivity index is 1.63. The van der Waals surface area contributed by atoms with Crippen LogP contribution in [0.4, 0.5) is 4.79 Å². The molecule has 2 aromatic rings. The van der Waals surface area contributed by atoms with Crippen LogP contribution in [0, 0.1) is 5.92 Å². The average Bonchev–Trinajstić information content (AvgIpc) is 3.25. The Bertz CT molecular complexity index is 795. The molecule has 1 unspecified atom stereocenters. The van der Waals surface area contributed by atoms with Crippen LogP contribution in [0.2, 0.25) is 0 Å². The van der Waals surface area contributed by atoms with Crippen LogP contribution in [0.15, 0.2) is 10.7 Å². The number of urea groups is 1. The average molecular weight is 361 g/mol. The number of carbonyl (C=O) groups is 2. The fourth-order valence-corrected chi connectivity index (χ4v) is 2.67. The number of amides is 3. The third kappa shape index (κ3) is 3.89. The summed E-state index contributed by atoms with van der Waals surface area (Å²) in [6, 6.07) is -0.961. The first-order valence-electron chi connectivity index (χ1n) is 8.67. The van der Waals surface area contributed by atoms with E-state index >= 15 is 0 Å². The zero-order valence-electron chi connectivity index (χ0n) is 15.3. The van der Waals surface area contributed by atoms with Gasteiger partial charge in [-0.2, -0.15) is 4.98 Å². The lowest BCUT2D eigenvalue weighted by molar-refractivity contribution is -0.128. The Kier molecular flexibility index (Phi) is 5.01. The van der Waals surface area contributed by atoms with Crippen LogP contribution >= 0.6 is 0 Å². The summed E-state index contributed by atoms with van der Waals surface area (Å²) in [7, 11) is 0. The smallest absolute Gasteiger partial charge is 0.325 e. The van der Waals surface area contributed by atoms with E-state index in [1.54, 1.807) is 10.9 Å². The summed E-state index contributed by atoms with van der Waals surface area (Å²) in [6.45, 7) is 8.04. The highest BCUT2D eigenvalue weighted by molar-refractivity contribution is 6.04. The number of carbonyl (C=O) groups excluding carboxylic acids is 2. The maximum absolute atomic E-state index is 12.5. The molecule has 26 heavy (non-hydrogen) atoms. The Hall–Kier alpha value is -2.78. The Morgan fingerprint density at radius 1 is 1.27 bits per heavy atom. The minimum atomic E-state index is -0.669. The quantitative estimate of drug-likeness (QED) is 0.733. The maximum atomic E-state index is 12.5. The minimum absolute atomic E-state index is 0.0368. The molecule has 0 spiro atoms. The predicted molar refractivity (Wildman–Crippen MR) is 89.8 cm³/mol. The van der Waals surface area contributed by atoms with Gasteiger partial charge in [-0.25, -0.2) is 9.48 Å². The number of nitrogens with one attached hydrogen (secondary N) is 1. The van der Waals surface area contributed by atoms with Gasteiger partial charge < -0.3 is 9.84 Å². The summed E-state index contributed by atoms with van der Waals surface area (Å²) in [5.41, 5.74) is 0.649. The van der Waals surface area contributed by atoms with E-state index < -0.39 is 12.1 Å². The van der Waals surface area contributed by atoms with Crippen molar-refractivity contribution in [3.8, 4) is 0 Å². The van der Waals surface area contributed by atoms with Crippen LogP contribution in [-0.4, -0.2) is 48.0 Å². The van der Waals surface area contributed by atoms with Crippen molar-refractivity contribution in [1.82, 2.24) is 35.4 Å². The van der Waals surface area contributed by atoms with Crippen molar-refractivity contribution in [2.75, 3.05) is 0 Å². The lowest BCUT2D eigenvalue weighted by Crippen LogP contribution is -2.32. The Morgan fingerprint density at radius 3 is 2.69 bits per heavy atom. The normalized spacial score (nSPS) is 17.6. The van der Waals surface area contributed by atoms with Crippen molar-refractivity contribution in [2.24, 2.45) is 5.92 Å². The van der Waals surface area contributed by atoms with Crippen molar-refractivity contribution >= 4 is 11.9 Å². The van der Waals surface area contributed by atoms with Gasteiger partial charge in [0.2, 0.25) is 5.89 Å². The highest BCUT2D eigenvalue weighted by atomic mass is 16.5. The Labute approximate surface area is 150 Å². The molecular weight excluding hydrogens is 338 g/mol. The van der Waals surface area contributed by atoms with Gasteiger partial charge in [0, 0.05) is 25.1 Å². The molecule has 10 nitrogen and oxygen atoms in total. The second-order valence-corrected chi connectivity index (χ2v) is 7.12. The van der Waals surface area contributed by atoms with Crippen LogP contribution in [0.3, 0.4) is 0 Å². The monoisotopic (exact) mass is 361 g/mol. The zero-order valence-corrected chi connectivity index (χ0v) is 15.3. The fraction of sp³-hybridized carbons (Fsp3) is 0.625. The largest absolute Gasteiger partial charge is 0.337 e. The Morgan fingerprint density at radius 2 is 2.04 bits per heavy atom. The molecule has 3 rings (SSSR count). The van der Waals surface area contributed by atoms with Crippen molar-refractivity contribution in [2.45, 2.75) is 59.2 Å². The number of hydrogen-bond donors (Lipinski definition) is 1. The molecular formula is C16H23N7O3. The highest BCUT2D eigenvalue weighted by Gasteiger charge is 2.39. The molecule has 1 aliphatic rings. The van der Waals surface area contributed by atoms with E-state index in [0.29, 0.717) is 23.9 Å². The first-order valence-corrected chi connectivity index (χ1v) is 8.67. The number of hydrogen-bond acceptors (Lipinski definition) is 7. The molecule has 1 atom stereocenters. The van der Waals surface area contributed by atoms with E-state index in [4.69, 9.17) is 4.52 Å². The molecule has 3 heterocycles. The second kappa shape index (κ2) is 7.22. The van der Waals surface area contributed by atoms with Crippen LogP contribution in [-0.2, 0) is 24.2 Å². The van der Waals surface area contributed by atoms with E-state index in [1.807, 2.05) is 27.7 Å². The lowest BCUT2D eigenvalue weighted by atomic mass is 10.1. The van der Waals surface area contributed by atoms with E-state index in [2.05, 4.69) is 25.8 Å². The molecule has 1 saturated heterocycles. The van der Waals surface area contributed by atoms with Gasteiger partial charge in [0.15, 0.2) is 5.82 Å². The van der Waals surface area contributed by atoms with Gasteiger partial charge >= 0.3 is 6.03 Å². The van der Waals surface area contributed by atoms with Crippen LogP contribution in [0.5, 0.6) is 0 Å². The molecule has 1 aliphatic heterocycles. The van der Waals surface area contributed by atoms with Gasteiger partial charge in [-0.1, -0.05) is 24.2 Å². The van der Waals surface area contributed by atoms with Gasteiger partial charge in [0.05, 0.1) is 5.69 Å². The van der Waals surface area contributed by atoms with Crippen LogP contribution in [0.25, 0.3) is 0 Å². The van der Waals surface area contributed by atoms with Crippen molar-refractivity contribution in [1.29, 1.82) is 0 Å². The van der Waals surface area contributed by atoms with Gasteiger partial charge in [0.25, 0.3) is 5.91 Å². The number of nitrogens with zero attached hydrogens (tertiary/aromatic N) is 6. The molecule has 2 aromatic heterocycles. The summed E-state index contributed by atoms with van der Waals surface area (Å²) in [4.78, 5) is 30.0. The van der Waals surface area contributed by atoms with E-state index in [9.17, 15) is 9.59 Å². The minimum Gasteiger partial charge on any atom is -0.337 e. The van der Waals surface area contributed by atoms with Crippen LogP contribution < -0.4 is 5.32 Å². The van der Waals surface area contributed by atoms with Gasteiger partial charge in [-0.15, -0.1) is 5.10 Å². The van der Waals surface area contributed by atoms with Crippen molar-refractivity contribution < 1.29 is 14.1 Å². The van der Waals surface area contributed by atoms with E-state index in [1.165, 1.54) is 0 Å². The summed E-state index contributed by atoms with van der Waals surface area (Å²) >= 11 is 0. The fourth-order valence-electron chi connectivity index (χ4n) is 2.67. The first kappa shape index (κ1) is 18.0. The molecule has 1 N–H and O–H groups in total. The molecule has 3 amide bonds. The number of imide groups is 1. The molecule has 0 radical (unpaired) electrons. The zero-order chi connectivity index (χ0) is 18.8. The van der Waals surface area contributed by atoms with Crippen molar-refractivity contribution in [3.63, 3.8) is 0 Å². The van der Waals surface area contributed by atoms with Crippen molar-refractivity contribution in [3.05, 3.63) is 23.6 Å². The molecule has 140 valence electrons. The molecule has 1 fully saturated rings. The topological polar surface area (TPSA) is 119 Å². The molecule has 10 heteroatoms. The summed E-state index contributed by atoms with van der Waals surface area (Å²) in [5.74, 6) is 0.873. The van der Waals surface area contributed by atoms with Gasteiger partial charge in [-0.05, 0) is 19.8 Å². The number of rotatable bonds is 7. The van der Waals surface area contributed by atoms with Gasteiger partial charge in [0.1, 0.15) is 12.6 Å². The summed E-state index contributed by atoms with van der Waals surface area (Å²) in [6.07, 6.45) is 2.75. The first-order chi connectivity index (χ1) is 12.3. The molecule has 0 bridgehead atoms. The third-order valence-electron chi connectivity index (χ3n) is 4.00. The SMILES string of the molecule is CC(C)Cc1noc(CN2C(=O)NC(Cc3cn(C(C)C)nn3)C2=O)n1. The van der Waals surface area contributed by atoms with Crippen LogP contribution in [0.1, 0.15) is 51.1 Å². The third-order valence-corrected chi connectivity index (χ3v) is 4.00. The predicted octanol–water partition coefficient (Wildman–Crippen LogP) is 1.10. The van der Waals surface area contributed by atoms with Gasteiger partial charge in [-0.3, -0.25) is 9.69 Å². The second-order valence-electron chi connectivity index (χ2n) is 7.12. The standard InChI is InChI=1S/C16H23N7O3/c1-9(2)5-13-18-14(26-20-13)8-22-15(24)12(17-16(22)25)6-11-7-23(10(3)4)21-19-11/h7,9-10,12H,5-6,8H2,1-4H3,(H,17,25). The molecule has 0 aromatic carbocycles. The highest BCUT2D eigenvalue weighted by Crippen LogP contribution is 2.15. The maximum Gasteiger partial charge on any atom is 0.325 e. The summed E-state index contributed by atoms with van der Waals surface area (Å²) < 4.78 is 6.86. The van der Waals surface area contributed by atoms with E-state index in [0.717, 1.165) is 4.90 Å².